The van der Waals surface area contributed by atoms with E-state index in [0.29, 0.717) is 6.42 Å². The molecule has 0 spiro atoms. The van der Waals surface area contributed by atoms with E-state index in [4.69, 9.17) is 10.5 Å². The van der Waals surface area contributed by atoms with Crippen LogP contribution < -0.4 is 5.73 Å². The molecule has 0 saturated heterocycles. The van der Waals surface area contributed by atoms with Crippen LogP contribution in [0.5, 0.6) is 0 Å². The Morgan fingerprint density at radius 2 is 1.90 bits per heavy atom. The first-order chi connectivity index (χ1) is 9.67. The van der Waals surface area contributed by atoms with Crippen LogP contribution in [0.3, 0.4) is 0 Å². The van der Waals surface area contributed by atoms with Crippen molar-refractivity contribution in [1.82, 2.24) is 0 Å². The van der Waals surface area contributed by atoms with E-state index in [1.165, 1.54) is 12.5 Å². The first kappa shape index (κ1) is 14.5. The van der Waals surface area contributed by atoms with Crippen LogP contribution in [0.15, 0.2) is 42.5 Å². The number of hydrogen-bond donors (Lipinski definition) is 1. The lowest BCUT2D eigenvalue weighted by Gasteiger charge is -2.23. The lowest BCUT2D eigenvalue weighted by molar-refractivity contribution is -0.141. The number of methoxy groups -OCH3 is 1. The average molecular weight is 271 g/mol. The normalized spacial score (nSPS) is 13.9. The second-order valence-corrected chi connectivity index (χ2v) is 5.03. The molecule has 0 bridgehead atoms. The van der Waals surface area contributed by atoms with Crippen molar-refractivity contribution in [3.8, 4) is 0 Å². The van der Waals surface area contributed by atoms with Gasteiger partial charge in [0, 0.05) is 12.0 Å². The van der Waals surface area contributed by atoms with Crippen molar-refractivity contribution in [2.24, 2.45) is 5.73 Å². The maximum absolute atomic E-state index is 11.7. The van der Waals surface area contributed by atoms with Gasteiger partial charge >= 0.3 is 5.97 Å². The van der Waals surface area contributed by atoms with E-state index in [-0.39, 0.29) is 17.9 Å². The van der Waals surface area contributed by atoms with E-state index in [1.54, 1.807) is 0 Å². The average Bonchev–Trinajstić information content (AvgIpc) is 2.51. The van der Waals surface area contributed by atoms with Gasteiger partial charge in [-0.1, -0.05) is 49.4 Å². The Morgan fingerprint density at radius 3 is 2.60 bits per heavy atom. The van der Waals surface area contributed by atoms with Crippen molar-refractivity contribution in [3.05, 3.63) is 48.0 Å². The summed E-state index contributed by atoms with van der Waals surface area (Å²) in [5, 5.41) is 2.33. The molecule has 0 aliphatic heterocycles. The quantitative estimate of drug-likeness (QED) is 0.849. The number of fused-ring (bicyclic) bond motifs is 1. The first-order valence-electron chi connectivity index (χ1n) is 6.97. The fourth-order valence-electron chi connectivity index (χ4n) is 2.61. The summed E-state index contributed by atoms with van der Waals surface area (Å²) in [6.45, 7) is 2.04. The highest BCUT2D eigenvalue weighted by atomic mass is 16.5. The topological polar surface area (TPSA) is 52.3 Å². The van der Waals surface area contributed by atoms with Gasteiger partial charge in [0.05, 0.1) is 13.5 Å². The van der Waals surface area contributed by atoms with Crippen molar-refractivity contribution >= 4 is 16.7 Å². The smallest absolute Gasteiger partial charge is 0.306 e. The van der Waals surface area contributed by atoms with E-state index in [9.17, 15) is 4.79 Å². The third-order valence-corrected chi connectivity index (χ3v) is 3.83. The number of carbonyl (C=O) groups is 1. The van der Waals surface area contributed by atoms with E-state index in [2.05, 4.69) is 24.3 Å². The predicted octanol–water partition coefficient (Wildman–Crippen LogP) is 3.22. The fraction of sp³-hybridized carbons (Fsp3) is 0.353. The third kappa shape index (κ3) is 2.99. The van der Waals surface area contributed by atoms with E-state index >= 15 is 0 Å². The second-order valence-electron chi connectivity index (χ2n) is 5.03. The minimum atomic E-state index is -0.216. The molecule has 2 aromatic carbocycles. The molecule has 2 N–H and O–H groups in total. The Kier molecular flexibility index (Phi) is 4.74. The van der Waals surface area contributed by atoms with Crippen LogP contribution in [0.4, 0.5) is 0 Å². The SMILES string of the molecule is CCC(N)C(CC(=O)OC)c1cccc2ccccc12. The molecule has 0 fully saturated rings. The molecular weight excluding hydrogens is 250 g/mol. The molecule has 0 radical (unpaired) electrons. The van der Waals surface area contributed by atoms with Crippen LogP contribution in [0.2, 0.25) is 0 Å². The standard InChI is InChI=1S/C17H21NO2/c1-3-16(18)15(11-17(19)20-2)14-10-6-8-12-7-4-5-9-13(12)14/h4-10,15-16H,3,11,18H2,1-2H3. The molecule has 0 aliphatic rings. The third-order valence-electron chi connectivity index (χ3n) is 3.83. The number of benzene rings is 2. The number of carbonyl (C=O) groups excluding carboxylic acids is 1. The fourth-order valence-corrected chi connectivity index (χ4v) is 2.61. The minimum Gasteiger partial charge on any atom is -0.469 e. The van der Waals surface area contributed by atoms with Gasteiger partial charge in [0.15, 0.2) is 0 Å². The molecule has 2 aromatic rings. The summed E-state index contributed by atoms with van der Waals surface area (Å²) in [4.78, 5) is 11.7. The van der Waals surface area contributed by atoms with Crippen molar-refractivity contribution in [2.45, 2.75) is 31.7 Å². The maximum atomic E-state index is 11.7. The van der Waals surface area contributed by atoms with Crippen LogP contribution >= 0.6 is 0 Å². The largest absolute Gasteiger partial charge is 0.469 e. The van der Waals surface area contributed by atoms with Gasteiger partial charge in [-0.3, -0.25) is 4.79 Å². The number of esters is 1. The van der Waals surface area contributed by atoms with Gasteiger partial charge in [0.1, 0.15) is 0 Å². The van der Waals surface area contributed by atoms with Gasteiger partial charge < -0.3 is 10.5 Å². The molecule has 0 heterocycles. The van der Waals surface area contributed by atoms with Gasteiger partial charge in [-0.15, -0.1) is 0 Å². The molecule has 20 heavy (non-hydrogen) atoms. The van der Waals surface area contributed by atoms with E-state index < -0.39 is 0 Å². The van der Waals surface area contributed by atoms with Crippen molar-refractivity contribution in [3.63, 3.8) is 0 Å². The summed E-state index contributed by atoms with van der Waals surface area (Å²) in [7, 11) is 1.42. The van der Waals surface area contributed by atoms with Gasteiger partial charge in [0.2, 0.25) is 0 Å². The monoisotopic (exact) mass is 271 g/mol. The Labute approximate surface area is 119 Å². The summed E-state index contributed by atoms with van der Waals surface area (Å²) < 4.78 is 4.81. The number of nitrogens with two attached hydrogens (primary N) is 1. The van der Waals surface area contributed by atoms with Gasteiger partial charge in [-0.2, -0.15) is 0 Å². The van der Waals surface area contributed by atoms with Crippen LogP contribution in [0.1, 0.15) is 31.2 Å². The van der Waals surface area contributed by atoms with Crippen LogP contribution in [0.25, 0.3) is 10.8 Å². The summed E-state index contributed by atoms with van der Waals surface area (Å²) >= 11 is 0. The van der Waals surface area contributed by atoms with Gasteiger partial charge in [-0.05, 0) is 22.8 Å². The zero-order chi connectivity index (χ0) is 14.5. The van der Waals surface area contributed by atoms with Crippen LogP contribution in [-0.2, 0) is 9.53 Å². The van der Waals surface area contributed by atoms with E-state index in [0.717, 1.165) is 17.4 Å². The lowest BCUT2D eigenvalue weighted by Crippen LogP contribution is -2.29. The number of ether oxygens (including phenoxy) is 1. The Hall–Kier alpha value is -1.87. The Morgan fingerprint density at radius 1 is 1.20 bits per heavy atom. The summed E-state index contributed by atoms with van der Waals surface area (Å²) in [5.41, 5.74) is 7.36. The molecular formula is C17H21NO2. The van der Waals surface area contributed by atoms with E-state index in [1.807, 2.05) is 25.1 Å². The zero-order valence-corrected chi connectivity index (χ0v) is 12.0. The second kappa shape index (κ2) is 6.53. The van der Waals surface area contributed by atoms with Gasteiger partial charge in [-0.25, -0.2) is 0 Å². The summed E-state index contributed by atoms with van der Waals surface area (Å²) in [5.74, 6) is -0.231. The maximum Gasteiger partial charge on any atom is 0.306 e. The molecule has 0 aliphatic carbocycles. The molecule has 2 atom stereocenters. The highest BCUT2D eigenvalue weighted by Crippen LogP contribution is 2.31. The molecule has 0 saturated carbocycles. The molecule has 2 rings (SSSR count). The highest BCUT2D eigenvalue weighted by molar-refractivity contribution is 5.86. The van der Waals surface area contributed by atoms with Crippen molar-refractivity contribution in [1.29, 1.82) is 0 Å². The summed E-state index contributed by atoms with van der Waals surface area (Å²) in [6, 6.07) is 14.3. The van der Waals surface area contributed by atoms with Gasteiger partial charge in [0.25, 0.3) is 0 Å². The minimum absolute atomic E-state index is 0.0152. The molecule has 2 unspecified atom stereocenters. The van der Waals surface area contributed by atoms with Crippen molar-refractivity contribution in [2.75, 3.05) is 7.11 Å². The predicted molar refractivity (Wildman–Crippen MR) is 81.6 cm³/mol. The molecule has 106 valence electrons. The summed E-state index contributed by atoms with van der Waals surface area (Å²) in [6.07, 6.45) is 1.14. The number of hydrogen-bond acceptors (Lipinski definition) is 3. The van der Waals surface area contributed by atoms with Crippen LogP contribution in [0, 0.1) is 0 Å². The van der Waals surface area contributed by atoms with Crippen LogP contribution in [-0.4, -0.2) is 19.1 Å². The molecule has 0 amide bonds. The number of rotatable bonds is 5. The zero-order valence-electron chi connectivity index (χ0n) is 12.0. The Balaban J connectivity index is 2.47. The lowest BCUT2D eigenvalue weighted by atomic mass is 9.85. The highest BCUT2D eigenvalue weighted by Gasteiger charge is 2.23. The Bertz CT molecular complexity index is 589. The first-order valence-corrected chi connectivity index (χ1v) is 6.97. The molecule has 3 nitrogen and oxygen atoms in total. The molecule has 0 aromatic heterocycles. The molecule has 3 heteroatoms. The van der Waals surface area contributed by atoms with Crippen molar-refractivity contribution < 1.29 is 9.53 Å².